The Balaban J connectivity index is 1.39. The van der Waals surface area contributed by atoms with Crippen LogP contribution in [-0.4, -0.2) is 12.6 Å². The molecule has 1 unspecified atom stereocenters. The molecule has 0 heterocycles. The summed E-state index contributed by atoms with van der Waals surface area (Å²) >= 11 is 0. The van der Waals surface area contributed by atoms with Crippen LogP contribution in [0.15, 0.2) is 23.3 Å². The summed E-state index contributed by atoms with van der Waals surface area (Å²) in [7, 11) is 0. The minimum absolute atomic E-state index is 0.151. The summed E-state index contributed by atoms with van der Waals surface area (Å²) in [4.78, 5) is 11.0. The van der Waals surface area contributed by atoms with Gasteiger partial charge in [0, 0.05) is 6.92 Å². The van der Waals surface area contributed by atoms with E-state index in [0.717, 1.165) is 23.7 Å². The van der Waals surface area contributed by atoms with Crippen molar-refractivity contribution in [3.8, 4) is 0 Å². The maximum atomic E-state index is 11.0. The molecule has 0 aliphatic heterocycles. The number of esters is 1. The second kappa shape index (κ2) is 9.06. The first-order valence-corrected chi connectivity index (χ1v) is 13.3. The van der Waals surface area contributed by atoms with Crippen molar-refractivity contribution in [2.45, 2.75) is 105 Å². The first-order valence-electron chi connectivity index (χ1n) is 13.3. The van der Waals surface area contributed by atoms with Gasteiger partial charge in [-0.3, -0.25) is 4.79 Å². The third-order valence-electron chi connectivity index (χ3n) is 10.2. The average molecular weight is 427 g/mol. The topological polar surface area (TPSA) is 26.3 Å². The molecule has 2 heteroatoms. The third kappa shape index (κ3) is 4.30. The summed E-state index contributed by atoms with van der Waals surface area (Å²) in [6.45, 7) is 12.1. The Morgan fingerprint density at radius 3 is 2.65 bits per heavy atom. The molecule has 4 aliphatic rings. The van der Waals surface area contributed by atoms with E-state index in [9.17, 15) is 4.79 Å². The molecular weight excluding hydrogens is 380 g/mol. The lowest BCUT2D eigenvalue weighted by molar-refractivity contribution is -0.142. The highest BCUT2D eigenvalue weighted by Crippen LogP contribution is 2.66. The van der Waals surface area contributed by atoms with Crippen LogP contribution in [0.4, 0.5) is 0 Å². The van der Waals surface area contributed by atoms with E-state index in [1.807, 2.05) is 5.57 Å². The summed E-state index contributed by atoms with van der Waals surface area (Å²) in [5.74, 6) is 3.63. The molecule has 0 spiro atoms. The summed E-state index contributed by atoms with van der Waals surface area (Å²) in [6, 6.07) is 0. The highest BCUT2D eigenvalue weighted by molar-refractivity contribution is 5.65. The molecule has 3 fully saturated rings. The van der Waals surface area contributed by atoms with Crippen LogP contribution in [0.1, 0.15) is 105 Å². The van der Waals surface area contributed by atoms with Crippen molar-refractivity contribution in [3.63, 3.8) is 0 Å². The maximum absolute atomic E-state index is 11.0. The molecule has 0 aromatic carbocycles. The van der Waals surface area contributed by atoms with Gasteiger partial charge in [0.25, 0.3) is 0 Å². The van der Waals surface area contributed by atoms with Gasteiger partial charge >= 0.3 is 5.97 Å². The molecule has 174 valence electrons. The lowest BCUT2D eigenvalue weighted by atomic mass is 9.50. The minimum atomic E-state index is -0.151. The second-order valence-electron chi connectivity index (χ2n) is 12.1. The molecule has 0 aromatic rings. The van der Waals surface area contributed by atoms with Crippen molar-refractivity contribution in [2.75, 3.05) is 6.61 Å². The van der Waals surface area contributed by atoms with E-state index in [0.29, 0.717) is 23.4 Å². The van der Waals surface area contributed by atoms with Gasteiger partial charge in [-0.05, 0) is 91.8 Å². The van der Waals surface area contributed by atoms with E-state index in [1.165, 1.54) is 77.6 Å². The van der Waals surface area contributed by atoms with Crippen molar-refractivity contribution in [1.29, 1.82) is 0 Å². The van der Waals surface area contributed by atoms with E-state index in [-0.39, 0.29) is 5.97 Å². The van der Waals surface area contributed by atoms with Crippen LogP contribution >= 0.6 is 0 Å². The molecule has 0 saturated heterocycles. The fraction of sp³-hybridized carbons (Fsp3) is 0.828. The first kappa shape index (κ1) is 23.1. The minimum Gasteiger partial charge on any atom is -0.466 e. The molecule has 4 rings (SSSR count). The molecule has 31 heavy (non-hydrogen) atoms. The Kier molecular flexibility index (Phi) is 6.76. The molecule has 0 amide bonds. The van der Waals surface area contributed by atoms with Gasteiger partial charge < -0.3 is 4.74 Å². The van der Waals surface area contributed by atoms with Crippen LogP contribution in [0.3, 0.4) is 0 Å². The van der Waals surface area contributed by atoms with Crippen LogP contribution in [0.5, 0.6) is 0 Å². The summed E-state index contributed by atoms with van der Waals surface area (Å²) in [6.07, 6.45) is 20.2. The van der Waals surface area contributed by atoms with Gasteiger partial charge in [0.05, 0.1) is 6.61 Å². The Morgan fingerprint density at radius 1 is 1.06 bits per heavy atom. The molecule has 7 atom stereocenters. The predicted molar refractivity (Wildman–Crippen MR) is 129 cm³/mol. The number of allylic oxidation sites excluding steroid dienone is 4. The Labute approximate surface area is 191 Å². The number of ether oxygens (including phenoxy) is 1. The SMILES string of the molecule is CC(=O)OCC(C)CCC[C@@H](C)[C@H]1CC[C@H]2C3=CC=C4CCCC[C@]4(C)[C@H]3CC[C@]12C. The summed E-state index contributed by atoms with van der Waals surface area (Å²) in [5.41, 5.74) is 4.57. The van der Waals surface area contributed by atoms with Crippen molar-refractivity contribution in [1.82, 2.24) is 0 Å². The highest BCUT2D eigenvalue weighted by atomic mass is 16.5. The first-order chi connectivity index (χ1) is 14.8. The van der Waals surface area contributed by atoms with E-state index in [1.54, 1.807) is 5.57 Å². The van der Waals surface area contributed by atoms with Crippen LogP contribution in [0.25, 0.3) is 0 Å². The zero-order valence-corrected chi connectivity index (χ0v) is 20.8. The Hall–Kier alpha value is -1.05. The number of carbonyl (C=O) groups is 1. The quantitative estimate of drug-likeness (QED) is 0.387. The van der Waals surface area contributed by atoms with Crippen molar-refractivity contribution < 1.29 is 9.53 Å². The monoisotopic (exact) mass is 426 g/mol. The molecule has 0 N–H and O–H groups in total. The van der Waals surface area contributed by atoms with Crippen molar-refractivity contribution >= 4 is 5.97 Å². The van der Waals surface area contributed by atoms with Crippen LogP contribution in [0.2, 0.25) is 0 Å². The number of carbonyl (C=O) groups excluding carboxylic acids is 1. The molecule has 0 aromatic heterocycles. The third-order valence-corrected chi connectivity index (χ3v) is 10.2. The van der Waals surface area contributed by atoms with E-state index >= 15 is 0 Å². The average Bonchev–Trinajstić information content (AvgIpc) is 3.09. The van der Waals surface area contributed by atoms with Gasteiger partial charge in [0.2, 0.25) is 0 Å². The Bertz CT molecular complexity index is 733. The van der Waals surface area contributed by atoms with Gasteiger partial charge in [0.1, 0.15) is 0 Å². The molecule has 2 nitrogen and oxygen atoms in total. The van der Waals surface area contributed by atoms with Gasteiger partial charge in [0.15, 0.2) is 0 Å². The largest absolute Gasteiger partial charge is 0.466 e. The number of rotatable bonds is 7. The van der Waals surface area contributed by atoms with Gasteiger partial charge in [-0.2, -0.15) is 0 Å². The second-order valence-corrected chi connectivity index (χ2v) is 12.1. The molecule has 4 aliphatic carbocycles. The standard InChI is InChI=1S/C29H46O2/c1-20(19-31-22(3)30)9-8-10-21(2)25-14-15-26-24-13-12-23-11-6-7-17-28(23,4)27(24)16-18-29(25,26)5/h12-13,20-21,25-27H,6-11,14-19H2,1-5H3/t20?,21-,25-,26+,27+,28+,29-/m1/s1. The zero-order valence-electron chi connectivity index (χ0n) is 20.8. The van der Waals surface area contributed by atoms with E-state index in [4.69, 9.17) is 4.74 Å². The Morgan fingerprint density at radius 2 is 1.87 bits per heavy atom. The van der Waals surface area contributed by atoms with Gasteiger partial charge in [-0.25, -0.2) is 0 Å². The van der Waals surface area contributed by atoms with Crippen LogP contribution in [-0.2, 0) is 9.53 Å². The number of hydrogen-bond acceptors (Lipinski definition) is 2. The summed E-state index contributed by atoms with van der Waals surface area (Å²) < 4.78 is 5.19. The van der Waals surface area contributed by atoms with Crippen molar-refractivity contribution in [3.05, 3.63) is 23.3 Å². The molecule has 0 radical (unpaired) electrons. The van der Waals surface area contributed by atoms with Crippen molar-refractivity contribution in [2.24, 2.45) is 40.4 Å². The van der Waals surface area contributed by atoms with Gasteiger partial charge in [-0.1, -0.05) is 70.3 Å². The molecular formula is C29H46O2. The summed E-state index contributed by atoms with van der Waals surface area (Å²) in [5, 5.41) is 0. The normalized spacial score (nSPS) is 38.8. The van der Waals surface area contributed by atoms with Crippen LogP contribution < -0.4 is 0 Å². The van der Waals surface area contributed by atoms with E-state index in [2.05, 4.69) is 39.8 Å². The highest BCUT2D eigenvalue weighted by Gasteiger charge is 2.56. The van der Waals surface area contributed by atoms with Crippen LogP contribution in [0, 0.1) is 40.4 Å². The molecule has 3 saturated carbocycles. The lowest BCUT2D eigenvalue weighted by Crippen LogP contribution is -2.45. The zero-order chi connectivity index (χ0) is 22.2. The smallest absolute Gasteiger partial charge is 0.302 e. The fourth-order valence-corrected chi connectivity index (χ4v) is 8.34. The van der Waals surface area contributed by atoms with E-state index < -0.39 is 0 Å². The molecule has 0 bridgehead atoms. The lowest BCUT2D eigenvalue weighted by Gasteiger charge is -2.54. The predicted octanol–water partition coefficient (Wildman–Crippen LogP) is 7.88. The maximum Gasteiger partial charge on any atom is 0.302 e. The number of hydrogen-bond donors (Lipinski definition) is 0. The fourth-order valence-electron chi connectivity index (χ4n) is 8.34. The van der Waals surface area contributed by atoms with Gasteiger partial charge in [-0.15, -0.1) is 0 Å². The number of fused-ring (bicyclic) bond motifs is 5.